The van der Waals surface area contributed by atoms with E-state index in [-0.39, 0.29) is 18.9 Å². The lowest BCUT2D eigenvalue weighted by molar-refractivity contribution is -0.139. The summed E-state index contributed by atoms with van der Waals surface area (Å²) in [7, 11) is 3.58. The van der Waals surface area contributed by atoms with Crippen LogP contribution in [0.25, 0.3) is 0 Å². The van der Waals surface area contributed by atoms with Crippen LogP contribution in [-0.4, -0.2) is 42.6 Å². The van der Waals surface area contributed by atoms with Crippen LogP contribution in [0.15, 0.2) is 12.3 Å². The predicted molar refractivity (Wildman–Crippen MR) is 59.9 cm³/mol. The van der Waals surface area contributed by atoms with E-state index in [9.17, 15) is 9.59 Å². The lowest BCUT2D eigenvalue weighted by atomic mass is 10.2. The molecule has 0 aliphatic rings. The van der Waals surface area contributed by atoms with Gasteiger partial charge in [-0.05, 0) is 39.4 Å². The number of carbonyl (C=O) groups excluding carboxylic acids is 1. The van der Waals surface area contributed by atoms with Gasteiger partial charge in [0.05, 0.1) is 12.8 Å². The van der Waals surface area contributed by atoms with E-state index in [2.05, 4.69) is 0 Å². The Bertz CT molecular complexity index is 248. The van der Waals surface area contributed by atoms with E-state index in [4.69, 9.17) is 9.84 Å². The average Bonchev–Trinajstić information content (AvgIpc) is 2.14. The van der Waals surface area contributed by atoms with Crippen molar-refractivity contribution in [3.63, 3.8) is 0 Å². The molecule has 0 aliphatic heterocycles. The highest BCUT2D eigenvalue weighted by Crippen LogP contribution is 2.00. The van der Waals surface area contributed by atoms with Crippen molar-refractivity contribution < 1.29 is 19.4 Å². The summed E-state index contributed by atoms with van der Waals surface area (Å²) in [4.78, 5) is 23.0. The van der Waals surface area contributed by atoms with E-state index in [1.807, 2.05) is 0 Å². The van der Waals surface area contributed by atoms with Gasteiger partial charge in [-0.3, -0.25) is 14.5 Å². The van der Waals surface area contributed by atoms with Gasteiger partial charge in [-0.1, -0.05) is 0 Å². The summed E-state index contributed by atoms with van der Waals surface area (Å²) >= 11 is 0. The zero-order valence-corrected chi connectivity index (χ0v) is 9.81. The summed E-state index contributed by atoms with van der Waals surface area (Å²) in [5.41, 5.74) is 0. The quantitative estimate of drug-likeness (QED) is 0.385. The van der Waals surface area contributed by atoms with Crippen molar-refractivity contribution in [2.45, 2.75) is 25.7 Å². The minimum Gasteiger partial charge on any atom is -0.481 e. The second kappa shape index (κ2) is 8.91. The highest BCUT2D eigenvalue weighted by Gasteiger charge is 2.01. The minimum atomic E-state index is -0.776. The van der Waals surface area contributed by atoms with E-state index in [1.54, 1.807) is 25.1 Å². The van der Waals surface area contributed by atoms with Crippen LogP contribution in [0, 0.1) is 0 Å². The van der Waals surface area contributed by atoms with Crippen molar-refractivity contribution >= 4 is 11.9 Å². The fourth-order valence-electron chi connectivity index (χ4n) is 1.03. The Morgan fingerprint density at radius 3 is 2.56 bits per heavy atom. The number of carbonyl (C=O) groups is 2. The van der Waals surface area contributed by atoms with Crippen LogP contribution in [0.4, 0.5) is 0 Å². The summed E-state index contributed by atoms with van der Waals surface area (Å²) < 4.78 is 4.80. The van der Waals surface area contributed by atoms with Crippen molar-refractivity contribution in [1.29, 1.82) is 0 Å². The topological polar surface area (TPSA) is 66.8 Å². The molecule has 0 unspecified atom stereocenters. The number of rotatable bonds is 8. The van der Waals surface area contributed by atoms with Crippen LogP contribution >= 0.6 is 0 Å². The van der Waals surface area contributed by atoms with Crippen LogP contribution in [-0.2, 0) is 14.3 Å². The summed E-state index contributed by atoms with van der Waals surface area (Å²) in [6, 6.07) is 0. The van der Waals surface area contributed by atoms with Crippen LogP contribution in [0.3, 0.4) is 0 Å². The number of esters is 1. The second-order valence-corrected chi connectivity index (χ2v) is 3.74. The molecule has 0 spiro atoms. The molecule has 0 bridgehead atoms. The molecule has 16 heavy (non-hydrogen) atoms. The van der Waals surface area contributed by atoms with E-state index in [0.717, 1.165) is 12.8 Å². The number of likely N-dealkylation sites (N-methyl/N-ethyl adjacent to an activating group) is 1. The fraction of sp³-hybridized carbons (Fsp3) is 0.636. The fourth-order valence-corrected chi connectivity index (χ4v) is 1.03. The first-order valence-electron chi connectivity index (χ1n) is 5.23. The molecular formula is C11H19NO4. The van der Waals surface area contributed by atoms with E-state index in [1.165, 1.54) is 6.26 Å². The number of aliphatic carboxylic acids is 1. The Hall–Kier alpha value is -1.36. The Morgan fingerprint density at radius 2 is 2.00 bits per heavy atom. The molecule has 0 saturated carbocycles. The third-order valence-corrected chi connectivity index (χ3v) is 1.75. The summed E-state index contributed by atoms with van der Waals surface area (Å²) in [6.45, 7) is 0.253. The molecule has 0 aromatic carbocycles. The van der Waals surface area contributed by atoms with Crippen molar-refractivity contribution in [2.75, 3.05) is 20.6 Å². The predicted octanol–water partition coefficient (Wildman–Crippen LogP) is 1.25. The Balaban J connectivity index is 3.40. The van der Waals surface area contributed by atoms with E-state index >= 15 is 0 Å². The third-order valence-electron chi connectivity index (χ3n) is 1.75. The molecule has 0 fully saturated rings. The van der Waals surface area contributed by atoms with Crippen LogP contribution in [0.5, 0.6) is 0 Å². The Morgan fingerprint density at radius 1 is 1.31 bits per heavy atom. The van der Waals surface area contributed by atoms with Crippen molar-refractivity contribution in [1.82, 2.24) is 4.90 Å². The lowest BCUT2D eigenvalue weighted by Crippen LogP contribution is -2.22. The van der Waals surface area contributed by atoms with E-state index < -0.39 is 5.97 Å². The first kappa shape index (κ1) is 14.6. The molecule has 0 rings (SSSR count). The van der Waals surface area contributed by atoms with Gasteiger partial charge in [-0.15, -0.1) is 0 Å². The molecule has 0 radical (unpaired) electrons. The molecular weight excluding hydrogens is 210 g/mol. The largest absolute Gasteiger partial charge is 0.481 e. The highest BCUT2D eigenvalue weighted by molar-refractivity contribution is 5.72. The normalized spacial score (nSPS) is 10.9. The number of nitrogens with zero attached hydrogens (tertiary/aromatic N) is 1. The van der Waals surface area contributed by atoms with Crippen LogP contribution < -0.4 is 0 Å². The van der Waals surface area contributed by atoms with E-state index in [0.29, 0.717) is 6.42 Å². The van der Waals surface area contributed by atoms with Gasteiger partial charge >= 0.3 is 11.9 Å². The molecule has 0 aromatic rings. The number of carboxylic acid groups (broad SMARTS) is 1. The van der Waals surface area contributed by atoms with Crippen molar-refractivity contribution in [3.05, 3.63) is 12.3 Å². The first-order chi connectivity index (χ1) is 7.52. The molecule has 92 valence electrons. The van der Waals surface area contributed by atoms with Gasteiger partial charge in [0.2, 0.25) is 0 Å². The molecule has 1 N–H and O–H groups in total. The van der Waals surface area contributed by atoms with Gasteiger partial charge in [0.1, 0.15) is 0 Å². The number of allylic oxidation sites excluding steroid dienone is 1. The van der Waals surface area contributed by atoms with Gasteiger partial charge in [0.15, 0.2) is 0 Å². The Labute approximate surface area is 95.7 Å². The van der Waals surface area contributed by atoms with Gasteiger partial charge in [-0.25, -0.2) is 0 Å². The number of hydrogen-bond donors (Lipinski definition) is 1. The average molecular weight is 229 g/mol. The number of hydrogen-bond acceptors (Lipinski definition) is 4. The molecule has 0 aliphatic carbocycles. The number of unbranched alkanes of at least 4 members (excludes halogenated alkanes) is 2. The van der Waals surface area contributed by atoms with Crippen molar-refractivity contribution in [2.24, 2.45) is 0 Å². The summed E-state index contributed by atoms with van der Waals surface area (Å²) in [6.07, 6.45) is 5.44. The molecule has 0 saturated heterocycles. The lowest BCUT2D eigenvalue weighted by Gasteiger charge is -2.06. The summed E-state index contributed by atoms with van der Waals surface area (Å²) in [5, 5.41) is 8.38. The molecule has 0 atom stereocenters. The molecule has 5 heteroatoms. The number of ether oxygens (including phenoxy) is 1. The van der Waals surface area contributed by atoms with Crippen molar-refractivity contribution in [3.8, 4) is 0 Å². The van der Waals surface area contributed by atoms with Gasteiger partial charge < -0.3 is 9.84 Å². The second-order valence-electron chi connectivity index (χ2n) is 3.74. The molecule has 0 heterocycles. The first-order valence-corrected chi connectivity index (χ1v) is 5.23. The van der Waals surface area contributed by atoms with Gasteiger partial charge in [0, 0.05) is 6.42 Å². The maximum Gasteiger partial charge on any atom is 0.324 e. The van der Waals surface area contributed by atoms with Gasteiger partial charge in [0.25, 0.3) is 0 Å². The minimum absolute atomic E-state index is 0.189. The van der Waals surface area contributed by atoms with Gasteiger partial charge in [-0.2, -0.15) is 0 Å². The molecule has 0 amide bonds. The maximum absolute atomic E-state index is 11.0. The molecule has 0 aromatic heterocycles. The Kier molecular flexibility index (Phi) is 8.15. The zero-order chi connectivity index (χ0) is 12.4. The third kappa shape index (κ3) is 10.7. The summed E-state index contributed by atoms with van der Waals surface area (Å²) in [5.74, 6) is -1.08. The SMILES string of the molecule is CN(C)CC(=O)OC=CCCCCC(=O)O. The zero-order valence-electron chi connectivity index (χ0n) is 9.81. The monoisotopic (exact) mass is 229 g/mol. The van der Waals surface area contributed by atoms with Crippen LogP contribution in [0.2, 0.25) is 0 Å². The molecule has 5 nitrogen and oxygen atoms in total. The number of carboxylic acids is 1. The maximum atomic E-state index is 11.0. The highest BCUT2D eigenvalue weighted by atomic mass is 16.5. The standard InChI is InChI=1S/C11H19NO4/c1-12(2)9-11(15)16-8-6-4-3-5-7-10(13)14/h6,8H,3-5,7,9H2,1-2H3,(H,13,14). The smallest absolute Gasteiger partial charge is 0.324 e. The van der Waals surface area contributed by atoms with Crippen LogP contribution in [0.1, 0.15) is 25.7 Å².